The molecule has 1 amide bonds. The zero-order valence-electron chi connectivity index (χ0n) is 17.1. The Balaban J connectivity index is 0.00000117. The number of ether oxygens (including phenoxy) is 1. The number of H-pyrrole nitrogens is 2. The molecule has 2 N–H and O–H groups in total. The average Bonchev–Trinajstić information content (AvgIpc) is 3.16. The van der Waals surface area contributed by atoms with Gasteiger partial charge in [-0.1, -0.05) is 32.0 Å². The van der Waals surface area contributed by atoms with Crippen LogP contribution in [0.15, 0.2) is 59.4 Å². The van der Waals surface area contributed by atoms with Crippen LogP contribution in [-0.4, -0.2) is 41.5 Å². The van der Waals surface area contributed by atoms with Crippen LogP contribution in [0, 0.1) is 0 Å². The van der Waals surface area contributed by atoms with Crippen molar-refractivity contribution in [3.05, 3.63) is 65.0 Å². The number of amides is 1. The molecule has 0 aliphatic carbocycles. The fourth-order valence-electron chi connectivity index (χ4n) is 2.97. The molecule has 29 heavy (non-hydrogen) atoms. The fraction of sp³-hybridized carbons (Fsp3) is 0.217. The first kappa shape index (κ1) is 20.2. The number of rotatable bonds is 4. The van der Waals surface area contributed by atoms with Gasteiger partial charge in [-0.2, -0.15) is 0 Å². The van der Waals surface area contributed by atoms with Crippen molar-refractivity contribution >= 4 is 27.7 Å². The zero-order valence-corrected chi connectivity index (χ0v) is 17.1. The molecule has 2 aromatic carbocycles. The Kier molecular flexibility index (Phi) is 6.02. The number of benzene rings is 2. The van der Waals surface area contributed by atoms with Crippen molar-refractivity contribution in [2.45, 2.75) is 13.8 Å². The molecule has 0 saturated carbocycles. The Bertz CT molecular complexity index is 1200. The number of carbonyl (C=O) groups is 1. The van der Waals surface area contributed by atoms with Gasteiger partial charge in [-0.05, 0) is 41.8 Å². The van der Waals surface area contributed by atoms with Gasteiger partial charge in [0.1, 0.15) is 5.75 Å². The third-order valence-electron chi connectivity index (χ3n) is 4.50. The van der Waals surface area contributed by atoms with Gasteiger partial charge in [-0.3, -0.25) is 9.59 Å². The molecular formula is C23H25N3O3. The summed E-state index contributed by atoms with van der Waals surface area (Å²) in [5, 5.41) is 1.88. The first-order valence-corrected chi connectivity index (χ1v) is 9.59. The highest BCUT2D eigenvalue weighted by Crippen LogP contribution is 2.26. The SMILES string of the molecule is CC.CN(C)C(=O)COc1ccc2[nH]c(-c3cc4ccccc4[nH]c3=O)cc2c1. The number of fused-ring (bicyclic) bond motifs is 2. The molecule has 0 unspecified atom stereocenters. The Hall–Kier alpha value is -3.54. The predicted octanol–water partition coefficient (Wildman–Crippen LogP) is 4.17. The molecule has 0 radical (unpaired) electrons. The molecular weight excluding hydrogens is 366 g/mol. The van der Waals surface area contributed by atoms with Gasteiger partial charge in [0.2, 0.25) is 0 Å². The largest absolute Gasteiger partial charge is 0.484 e. The number of nitrogens with zero attached hydrogens (tertiary/aromatic N) is 1. The van der Waals surface area contributed by atoms with E-state index in [1.807, 2.05) is 62.4 Å². The topological polar surface area (TPSA) is 78.2 Å². The first-order chi connectivity index (χ1) is 14.0. The van der Waals surface area contributed by atoms with Crippen LogP contribution in [0.3, 0.4) is 0 Å². The summed E-state index contributed by atoms with van der Waals surface area (Å²) >= 11 is 0. The third kappa shape index (κ3) is 4.32. The molecule has 2 heterocycles. The van der Waals surface area contributed by atoms with Gasteiger partial charge in [0.15, 0.2) is 6.61 Å². The van der Waals surface area contributed by atoms with E-state index in [0.717, 1.165) is 27.5 Å². The molecule has 0 bridgehead atoms. The second kappa shape index (κ2) is 8.65. The monoisotopic (exact) mass is 391 g/mol. The maximum absolute atomic E-state index is 12.5. The second-order valence-corrected chi connectivity index (χ2v) is 6.61. The number of nitrogens with one attached hydrogen (secondary N) is 2. The summed E-state index contributed by atoms with van der Waals surface area (Å²) in [6, 6.07) is 17.0. The number of hydrogen-bond acceptors (Lipinski definition) is 3. The molecule has 6 heteroatoms. The number of likely N-dealkylation sites (N-methyl/N-ethyl adjacent to an activating group) is 1. The van der Waals surface area contributed by atoms with Gasteiger partial charge in [0.05, 0.1) is 11.3 Å². The van der Waals surface area contributed by atoms with Crippen molar-refractivity contribution in [1.82, 2.24) is 14.9 Å². The lowest BCUT2D eigenvalue weighted by atomic mass is 10.1. The van der Waals surface area contributed by atoms with Gasteiger partial charge < -0.3 is 19.6 Å². The summed E-state index contributed by atoms with van der Waals surface area (Å²) < 4.78 is 5.56. The van der Waals surface area contributed by atoms with Crippen LogP contribution in [0.25, 0.3) is 33.1 Å². The molecule has 6 nitrogen and oxygen atoms in total. The Morgan fingerprint density at radius 2 is 1.66 bits per heavy atom. The van der Waals surface area contributed by atoms with E-state index in [1.165, 1.54) is 4.90 Å². The van der Waals surface area contributed by atoms with Crippen LogP contribution in [0.4, 0.5) is 0 Å². The quantitative estimate of drug-likeness (QED) is 0.548. The van der Waals surface area contributed by atoms with E-state index in [9.17, 15) is 9.59 Å². The summed E-state index contributed by atoms with van der Waals surface area (Å²) in [5.74, 6) is 0.503. The van der Waals surface area contributed by atoms with Crippen molar-refractivity contribution in [1.29, 1.82) is 0 Å². The van der Waals surface area contributed by atoms with Gasteiger partial charge in [-0.25, -0.2) is 0 Å². The summed E-state index contributed by atoms with van der Waals surface area (Å²) in [6.07, 6.45) is 0. The van der Waals surface area contributed by atoms with Gasteiger partial charge in [0.25, 0.3) is 11.5 Å². The predicted molar refractivity (Wildman–Crippen MR) is 117 cm³/mol. The van der Waals surface area contributed by atoms with E-state index in [2.05, 4.69) is 9.97 Å². The molecule has 0 saturated heterocycles. The van der Waals surface area contributed by atoms with E-state index in [4.69, 9.17) is 4.74 Å². The van der Waals surface area contributed by atoms with E-state index in [-0.39, 0.29) is 18.1 Å². The lowest BCUT2D eigenvalue weighted by Crippen LogP contribution is -2.27. The molecule has 2 aromatic heterocycles. The molecule has 0 fully saturated rings. The molecule has 4 rings (SSSR count). The number of aromatic amines is 2. The van der Waals surface area contributed by atoms with Crippen molar-refractivity contribution in [2.24, 2.45) is 0 Å². The molecule has 0 aliphatic rings. The van der Waals surface area contributed by atoms with E-state index >= 15 is 0 Å². The molecule has 150 valence electrons. The number of pyridine rings is 1. The van der Waals surface area contributed by atoms with Crippen LogP contribution >= 0.6 is 0 Å². The third-order valence-corrected chi connectivity index (χ3v) is 4.50. The van der Waals surface area contributed by atoms with Gasteiger partial charge in [0, 0.05) is 30.5 Å². The maximum Gasteiger partial charge on any atom is 0.259 e. The van der Waals surface area contributed by atoms with Crippen molar-refractivity contribution in [3.8, 4) is 17.0 Å². The smallest absolute Gasteiger partial charge is 0.259 e. The summed E-state index contributed by atoms with van der Waals surface area (Å²) in [7, 11) is 3.38. The van der Waals surface area contributed by atoms with Crippen LogP contribution in [-0.2, 0) is 4.79 Å². The normalized spacial score (nSPS) is 10.5. The zero-order chi connectivity index (χ0) is 21.0. The number of carbonyl (C=O) groups excluding carboxylic acids is 1. The van der Waals surface area contributed by atoms with Crippen molar-refractivity contribution in [3.63, 3.8) is 0 Å². The molecule has 0 aliphatic heterocycles. The van der Waals surface area contributed by atoms with Crippen LogP contribution in [0.1, 0.15) is 13.8 Å². The average molecular weight is 391 g/mol. The minimum atomic E-state index is -0.145. The number of para-hydroxylation sites is 1. The number of aromatic nitrogens is 2. The molecule has 0 spiro atoms. The van der Waals surface area contributed by atoms with E-state index in [0.29, 0.717) is 11.3 Å². The van der Waals surface area contributed by atoms with Crippen molar-refractivity contribution < 1.29 is 9.53 Å². The minimum Gasteiger partial charge on any atom is -0.484 e. The van der Waals surface area contributed by atoms with Gasteiger partial charge in [-0.15, -0.1) is 0 Å². The summed E-state index contributed by atoms with van der Waals surface area (Å²) in [4.78, 5) is 31.8. The Morgan fingerprint density at radius 1 is 0.931 bits per heavy atom. The van der Waals surface area contributed by atoms with Crippen LogP contribution in [0.2, 0.25) is 0 Å². The maximum atomic E-state index is 12.5. The van der Waals surface area contributed by atoms with E-state index in [1.54, 1.807) is 20.2 Å². The summed E-state index contributed by atoms with van der Waals surface area (Å²) in [6.45, 7) is 3.99. The first-order valence-electron chi connectivity index (χ1n) is 9.59. The standard InChI is InChI=1S/C21H19N3O3.C2H6/c1-24(2)20(25)12-27-15-7-8-18-14(9-15)11-19(22-18)16-10-13-5-3-4-6-17(13)23-21(16)26;1-2/h3-11,22H,12H2,1-2H3,(H,23,26);1-2H3. The minimum absolute atomic E-state index is 0.0138. The highest BCUT2D eigenvalue weighted by Gasteiger charge is 2.10. The fourth-order valence-corrected chi connectivity index (χ4v) is 2.97. The van der Waals surface area contributed by atoms with Crippen LogP contribution < -0.4 is 10.3 Å². The van der Waals surface area contributed by atoms with Crippen LogP contribution in [0.5, 0.6) is 5.75 Å². The second-order valence-electron chi connectivity index (χ2n) is 6.61. The lowest BCUT2D eigenvalue weighted by Gasteiger charge is -2.11. The van der Waals surface area contributed by atoms with Gasteiger partial charge >= 0.3 is 0 Å². The summed E-state index contributed by atoms with van der Waals surface area (Å²) in [5.41, 5.74) is 2.87. The van der Waals surface area contributed by atoms with Crippen molar-refractivity contribution in [2.75, 3.05) is 20.7 Å². The van der Waals surface area contributed by atoms with E-state index < -0.39 is 0 Å². The Morgan fingerprint density at radius 3 is 2.41 bits per heavy atom. The lowest BCUT2D eigenvalue weighted by molar-refractivity contribution is -0.130. The number of hydrogen-bond donors (Lipinski definition) is 2. The Labute approximate surface area is 169 Å². The highest BCUT2D eigenvalue weighted by molar-refractivity contribution is 5.89. The molecule has 4 aromatic rings. The molecule has 0 atom stereocenters. The highest BCUT2D eigenvalue weighted by atomic mass is 16.5.